The van der Waals surface area contributed by atoms with Gasteiger partial charge in [-0.15, -0.1) is 0 Å². The van der Waals surface area contributed by atoms with Crippen molar-refractivity contribution < 1.29 is 19.3 Å². The van der Waals surface area contributed by atoms with Gasteiger partial charge in [-0.05, 0) is 23.6 Å². The smallest absolute Gasteiger partial charge is 0.226 e. The Morgan fingerprint density at radius 3 is 2.75 bits per heavy atom. The normalized spacial score (nSPS) is 24.7. The number of aliphatic hydroxyl groups excluding tert-OH is 2. The van der Waals surface area contributed by atoms with Crippen LogP contribution in [0.4, 0.5) is 10.2 Å². The van der Waals surface area contributed by atoms with Crippen molar-refractivity contribution >= 4 is 28.6 Å². The van der Waals surface area contributed by atoms with Crippen LogP contribution in [0.25, 0.3) is 11.2 Å². The molecule has 0 bridgehead atoms. The summed E-state index contributed by atoms with van der Waals surface area (Å²) in [5, 5.41) is 22.3. The van der Waals surface area contributed by atoms with E-state index in [0.29, 0.717) is 17.9 Å². The second-order valence-electron chi connectivity index (χ2n) is 6.51. The van der Waals surface area contributed by atoms with Crippen molar-refractivity contribution in [3.8, 4) is 0 Å². The molecular weight excluding hydrogens is 389 g/mol. The van der Waals surface area contributed by atoms with E-state index in [1.807, 2.05) is 30.3 Å². The molecule has 0 amide bonds. The fourth-order valence-electron chi connectivity index (χ4n) is 3.25. The molecule has 1 aromatic carbocycles. The lowest BCUT2D eigenvalue weighted by atomic mass is 10.1. The quantitative estimate of drug-likeness (QED) is 0.534. The van der Waals surface area contributed by atoms with Crippen LogP contribution in [-0.2, 0) is 11.2 Å². The number of hydrogen-bond donors (Lipinski definition) is 3. The Morgan fingerprint density at radius 2 is 2.04 bits per heavy atom. The number of rotatable bonds is 6. The lowest BCUT2D eigenvalue weighted by Gasteiger charge is -2.15. The summed E-state index contributed by atoms with van der Waals surface area (Å²) in [5.41, 5.74) is 1.86. The van der Waals surface area contributed by atoms with E-state index in [0.717, 1.165) is 6.42 Å². The van der Waals surface area contributed by atoms with Gasteiger partial charge < -0.3 is 20.3 Å². The largest absolute Gasteiger partial charge is 0.394 e. The zero-order chi connectivity index (χ0) is 19.7. The van der Waals surface area contributed by atoms with Gasteiger partial charge in [0.05, 0.1) is 12.9 Å². The predicted octanol–water partition coefficient (Wildman–Crippen LogP) is 1.72. The number of fused-ring (bicyclic) bond motifs is 1. The van der Waals surface area contributed by atoms with Crippen LogP contribution in [0, 0.1) is 0 Å². The minimum Gasteiger partial charge on any atom is -0.394 e. The van der Waals surface area contributed by atoms with E-state index in [2.05, 4.69) is 20.3 Å². The van der Waals surface area contributed by atoms with Crippen molar-refractivity contribution in [1.82, 2.24) is 19.5 Å². The topological polar surface area (TPSA) is 105 Å². The van der Waals surface area contributed by atoms with E-state index < -0.39 is 31.2 Å². The number of hydrogen-bond acceptors (Lipinski definition) is 7. The van der Waals surface area contributed by atoms with E-state index in [4.69, 9.17) is 16.3 Å². The first-order valence-corrected chi connectivity index (χ1v) is 9.22. The molecule has 1 aliphatic rings. The number of ether oxygens (including phenoxy) is 1. The fourth-order valence-corrected chi connectivity index (χ4v) is 3.41. The lowest BCUT2D eigenvalue weighted by Crippen LogP contribution is -2.30. The van der Waals surface area contributed by atoms with E-state index in [9.17, 15) is 14.6 Å². The number of anilines is 1. The summed E-state index contributed by atoms with van der Waals surface area (Å²) < 4.78 is 21.3. The van der Waals surface area contributed by atoms with Gasteiger partial charge in [0.25, 0.3) is 0 Å². The number of aromatic nitrogens is 4. The van der Waals surface area contributed by atoms with Gasteiger partial charge in [-0.3, -0.25) is 4.57 Å². The third kappa shape index (κ3) is 3.53. The molecule has 28 heavy (non-hydrogen) atoms. The number of benzene rings is 1. The number of alkyl halides is 1. The highest BCUT2D eigenvalue weighted by Crippen LogP contribution is 2.34. The van der Waals surface area contributed by atoms with Crippen LogP contribution in [0.1, 0.15) is 11.8 Å². The van der Waals surface area contributed by atoms with Crippen LogP contribution in [0.3, 0.4) is 0 Å². The summed E-state index contributed by atoms with van der Waals surface area (Å²) >= 11 is 6.05. The molecule has 0 unspecified atom stereocenters. The van der Waals surface area contributed by atoms with E-state index in [1.165, 1.54) is 16.5 Å². The minimum atomic E-state index is -1.74. The fraction of sp³-hybridized carbons (Fsp3) is 0.389. The van der Waals surface area contributed by atoms with Crippen molar-refractivity contribution in [2.75, 3.05) is 18.5 Å². The molecule has 3 aromatic rings. The maximum atomic E-state index is 14.5. The van der Waals surface area contributed by atoms with Crippen LogP contribution < -0.4 is 5.32 Å². The first-order valence-electron chi connectivity index (χ1n) is 8.85. The number of halogens is 2. The van der Waals surface area contributed by atoms with Crippen molar-refractivity contribution in [3.05, 3.63) is 47.5 Å². The van der Waals surface area contributed by atoms with Crippen molar-refractivity contribution in [2.45, 2.75) is 31.0 Å². The number of nitrogens with one attached hydrogen (secondary N) is 1. The van der Waals surface area contributed by atoms with Gasteiger partial charge >= 0.3 is 0 Å². The van der Waals surface area contributed by atoms with Crippen LogP contribution in [-0.4, -0.2) is 61.3 Å². The van der Waals surface area contributed by atoms with Gasteiger partial charge in [-0.1, -0.05) is 30.3 Å². The Kier molecular flexibility index (Phi) is 5.40. The van der Waals surface area contributed by atoms with E-state index in [-0.39, 0.29) is 10.9 Å². The molecule has 0 saturated carbocycles. The Hall–Kier alpha value is -2.33. The molecule has 0 aliphatic carbocycles. The van der Waals surface area contributed by atoms with Gasteiger partial charge in [0.1, 0.15) is 12.2 Å². The summed E-state index contributed by atoms with van der Waals surface area (Å²) in [6.45, 7) is 0.100. The van der Waals surface area contributed by atoms with Crippen LogP contribution in [0.2, 0.25) is 5.28 Å². The molecule has 1 fully saturated rings. The summed E-state index contributed by atoms with van der Waals surface area (Å²) in [7, 11) is 0. The minimum absolute atomic E-state index is 0.0240. The van der Waals surface area contributed by atoms with Gasteiger partial charge in [0.15, 0.2) is 29.4 Å². The third-order valence-corrected chi connectivity index (χ3v) is 4.86. The predicted molar refractivity (Wildman–Crippen MR) is 101 cm³/mol. The highest BCUT2D eigenvalue weighted by atomic mass is 35.5. The van der Waals surface area contributed by atoms with Crippen LogP contribution in [0.15, 0.2) is 36.7 Å². The Labute approximate surface area is 165 Å². The van der Waals surface area contributed by atoms with Crippen molar-refractivity contribution in [2.24, 2.45) is 0 Å². The van der Waals surface area contributed by atoms with Crippen LogP contribution >= 0.6 is 11.6 Å². The number of aliphatic hydroxyl groups is 2. The zero-order valence-electron chi connectivity index (χ0n) is 14.7. The first kappa shape index (κ1) is 19.0. The summed E-state index contributed by atoms with van der Waals surface area (Å²) in [5.74, 6) is 0.428. The molecule has 1 aliphatic heterocycles. The summed E-state index contributed by atoms with van der Waals surface area (Å²) in [4.78, 5) is 12.6. The first-order chi connectivity index (χ1) is 13.6. The standard InChI is InChI=1S/C18H19ClFN5O3/c19-18-23-15(21-7-6-10-4-2-1-3-5-10)13-16(24-18)25(9-22-13)17-12(20)14(27)11(8-26)28-17/h1-5,9,11-12,14,17,26-27H,6-8H2,(H,21,23,24)/t11-,12+,14-,17-/m1/s1. The molecule has 4 atom stereocenters. The third-order valence-electron chi connectivity index (χ3n) is 4.69. The van der Waals surface area contributed by atoms with Crippen molar-refractivity contribution in [1.29, 1.82) is 0 Å². The second kappa shape index (κ2) is 7.96. The molecule has 0 radical (unpaired) electrons. The monoisotopic (exact) mass is 407 g/mol. The Bertz CT molecular complexity index is 957. The number of nitrogens with zero attached hydrogens (tertiary/aromatic N) is 4. The molecule has 3 heterocycles. The molecular formula is C18H19ClFN5O3. The Balaban J connectivity index is 1.58. The molecule has 10 heteroatoms. The van der Waals surface area contributed by atoms with E-state index >= 15 is 0 Å². The van der Waals surface area contributed by atoms with Gasteiger partial charge in [-0.2, -0.15) is 9.97 Å². The van der Waals surface area contributed by atoms with Gasteiger partial charge in [-0.25, -0.2) is 9.37 Å². The molecule has 3 N–H and O–H groups in total. The maximum Gasteiger partial charge on any atom is 0.226 e. The molecule has 1 saturated heterocycles. The molecule has 8 nitrogen and oxygen atoms in total. The highest BCUT2D eigenvalue weighted by molar-refractivity contribution is 6.28. The molecule has 2 aromatic heterocycles. The van der Waals surface area contributed by atoms with Crippen LogP contribution in [0.5, 0.6) is 0 Å². The molecule has 0 spiro atoms. The lowest BCUT2D eigenvalue weighted by molar-refractivity contribution is -0.0459. The van der Waals surface area contributed by atoms with Gasteiger partial charge in [0, 0.05) is 6.54 Å². The second-order valence-corrected chi connectivity index (χ2v) is 6.85. The molecule has 4 rings (SSSR count). The number of imidazole rings is 1. The zero-order valence-corrected chi connectivity index (χ0v) is 15.5. The highest BCUT2D eigenvalue weighted by Gasteiger charge is 2.45. The summed E-state index contributed by atoms with van der Waals surface area (Å²) in [6.07, 6.45) is -3.22. The average molecular weight is 408 g/mol. The summed E-state index contributed by atoms with van der Waals surface area (Å²) in [6, 6.07) is 9.96. The SMILES string of the molecule is OC[C@H]1O[C@@H](n2cnc3c(NCCc4ccccc4)nc(Cl)nc32)[C@@H](F)[C@@H]1O. The maximum absolute atomic E-state index is 14.5. The van der Waals surface area contributed by atoms with E-state index in [1.54, 1.807) is 0 Å². The van der Waals surface area contributed by atoms with Crippen molar-refractivity contribution in [3.63, 3.8) is 0 Å². The molecule has 148 valence electrons. The Morgan fingerprint density at radius 1 is 1.25 bits per heavy atom. The van der Waals surface area contributed by atoms with Gasteiger partial charge in [0.2, 0.25) is 5.28 Å². The average Bonchev–Trinajstić information content (AvgIpc) is 3.24.